The first-order chi connectivity index (χ1) is 9.46. The van der Waals surface area contributed by atoms with E-state index < -0.39 is 10.0 Å². The van der Waals surface area contributed by atoms with Gasteiger partial charge in [0, 0.05) is 36.9 Å². The van der Waals surface area contributed by atoms with Gasteiger partial charge in [-0.25, -0.2) is 12.7 Å². The summed E-state index contributed by atoms with van der Waals surface area (Å²) in [6.45, 7) is 3.33. The molecule has 2 aliphatic heterocycles. The summed E-state index contributed by atoms with van der Waals surface area (Å²) >= 11 is 1.57. The second-order valence-corrected chi connectivity index (χ2v) is 8.66. The lowest BCUT2D eigenvalue weighted by atomic mass is 9.86. The molecule has 0 unspecified atom stereocenters. The molecule has 1 aromatic heterocycles. The third-order valence-corrected chi connectivity index (χ3v) is 6.80. The molecule has 1 atom stereocenters. The van der Waals surface area contributed by atoms with E-state index in [1.165, 1.54) is 0 Å². The Morgan fingerprint density at radius 3 is 2.85 bits per heavy atom. The number of anilines is 1. The molecule has 3 heterocycles. The van der Waals surface area contributed by atoms with Gasteiger partial charge in [0.05, 0.1) is 11.4 Å². The molecule has 2 saturated heterocycles. The van der Waals surface area contributed by atoms with Crippen molar-refractivity contribution in [2.45, 2.75) is 19.8 Å². The minimum atomic E-state index is -3.14. The van der Waals surface area contributed by atoms with Crippen LogP contribution in [0.25, 0.3) is 0 Å². The van der Waals surface area contributed by atoms with Crippen molar-refractivity contribution in [2.75, 3.05) is 30.3 Å². The Hall–Kier alpha value is -0.920. The first-order valence-corrected chi connectivity index (χ1v) is 9.31. The largest absolute Gasteiger partial charge is 0.311 e. The summed E-state index contributed by atoms with van der Waals surface area (Å²) in [5.74, 6) is 0.241. The molecule has 2 aliphatic rings. The number of carbonyl (C=O) groups is 1. The maximum absolute atomic E-state index is 12.2. The fourth-order valence-corrected chi connectivity index (χ4v) is 4.98. The van der Waals surface area contributed by atoms with E-state index in [0.717, 1.165) is 12.1 Å². The lowest BCUT2D eigenvalue weighted by Gasteiger charge is -2.23. The average Bonchev–Trinajstić information content (AvgIpc) is 3.11. The first-order valence-electron chi connectivity index (χ1n) is 6.76. The molecule has 7 heteroatoms. The number of nitrogens with zero attached hydrogens (tertiary/aromatic N) is 2. The molecule has 0 aliphatic carbocycles. The van der Waals surface area contributed by atoms with Crippen molar-refractivity contribution >= 4 is 33.0 Å². The smallest absolute Gasteiger partial charge is 0.227 e. The zero-order valence-corrected chi connectivity index (χ0v) is 13.0. The van der Waals surface area contributed by atoms with Crippen LogP contribution in [-0.4, -0.2) is 44.0 Å². The van der Waals surface area contributed by atoms with Crippen LogP contribution in [0, 0.1) is 5.41 Å². The number of rotatable bonds is 3. The van der Waals surface area contributed by atoms with Crippen molar-refractivity contribution in [3.63, 3.8) is 0 Å². The van der Waals surface area contributed by atoms with Crippen LogP contribution in [-0.2, 0) is 14.8 Å². The molecule has 0 aromatic carbocycles. The van der Waals surface area contributed by atoms with E-state index in [-0.39, 0.29) is 17.1 Å². The van der Waals surface area contributed by atoms with E-state index in [1.807, 2.05) is 16.8 Å². The van der Waals surface area contributed by atoms with E-state index >= 15 is 0 Å². The molecule has 1 aromatic rings. The van der Waals surface area contributed by atoms with E-state index in [4.69, 9.17) is 0 Å². The van der Waals surface area contributed by atoms with Gasteiger partial charge in [0.1, 0.15) is 0 Å². The number of hydrogen-bond donors (Lipinski definition) is 0. The summed E-state index contributed by atoms with van der Waals surface area (Å²) in [4.78, 5) is 14.0. The van der Waals surface area contributed by atoms with Crippen molar-refractivity contribution in [1.29, 1.82) is 0 Å². The number of carbonyl (C=O) groups excluding carboxylic acids is 1. The monoisotopic (exact) mass is 314 g/mol. The highest BCUT2D eigenvalue weighted by Crippen LogP contribution is 2.42. The molecule has 0 saturated carbocycles. The van der Waals surface area contributed by atoms with Crippen LogP contribution in [0.4, 0.5) is 5.69 Å². The zero-order valence-electron chi connectivity index (χ0n) is 11.4. The fourth-order valence-electron chi connectivity index (χ4n) is 3.13. The van der Waals surface area contributed by atoms with Crippen LogP contribution in [0.15, 0.2) is 16.8 Å². The minimum absolute atomic E-state index is 0.110. The standard InChI is InChI=1S/C13H18N2O3S2/c1-2-20(17,18)14-5-4-13(9-14)7-12(16)15(10-13)11-3-6-19-8-11/h3,6,8H,2,4-5,7,9-10H2,1H3/t13-/m1/s1. The number of hydrogen-bond acceptors (Lipinski definition) is 4. The lowest BCUT2D eigenvalue weighted by Crippen LogP contribution is -2.34. The summed E-state index contributed by atoms with van der Waals surface area (Å²) < 4.78 is 25.5. The number of sulfonamides is 1. The van der Waals surface area contributed by atoms with E-state index in [9.17, 15) is 13.2 Å². The van der Waals surface area contributed by atoms with Crippen LogP contribution >= 0.6 is 11.3 Å². The van der Waals surface area contributed by atoms with E-state index in [0.29, 0.717) is 26.1 Å². The van der Waals surface area contributed by atoms with Crippen LogP contribution in [0.2, 0.25) is 0 Å². The van der Waals surface area contributed by atoms with Crippen molar-refractivity contribution in [2.24, 2.45) is 5.41 Å². The van der Waals surface area contributed by atoms with Gasteiger partial charge in [0.15, 0.2) is 0 Å². The van der Waals surface area contributed by atoms with Gasteiger partial charge in [-0.3, -0.25) is 4.79 Å². The zero-order chi connectivity index (χ0) is 14.4. The summed E-state index contributed by atoms with van der Waals surface area (Å²) in [7, 11) is -3.14. The van der Waals surface area contributed by atoms with Crippen molar-refractivity contribution in [1.82, 2.24) is 4.31 Å². The highest BCUT2D eigenvalue weighted by Gasteiger charge is 2.49. The highest BCUT2D eigenvalue weighted by atomic mass is 32.2. The van der Waals surface area contributed by atoms with Crippen molar-refractivity contribution in [3.8, 4) is 0 Å². The Balaban J connectivity index is 1.79. The van der Waals surface area contributed by atoms with Gasteiger partial charge in [0.2, 0.25) is 15.9 Å². The Labute approximate surface area is 123 Å². The summed E-state index contributed by atoms with van der Waals surface area (Å²) in [5, 5.41) is 3.92. The molecule has 3 rings (SSSR count). The molecule has 1 amide bonds. The molecule has 1 spiro atoms. The molecule has 5 nitrogen and oxygen atoms in total. The predicted molar refractivity (Wildman–Crippen MR) is 79.4 cm³/mol. The van der Waals surface area contributed by atoms with Crippen LogP contribution in [0.3, 0.4) is 0 Å². The van der Waals surface area contributed by atoms with Crippen LogP contribution in [0.5, 0.6) is 0 Å². The maximum atomic E-state index is 12.2. The summed E-state index contributed by atoms with van der Waals surface area (Å²) in [6, 6.07) is 1.94. The van der Waals surface area contributed by atoms with E-state index in [2.05, 4.69) is 0 Å². The van der Waals surface area contributed by atoms with Crippen LogP contribution in [0.1, 0.15) is 19.8 Å². The first kappa shape index (κ1) is 14.0. The lowest BCUT2D eigenvalue weighted by molar-refractivity contribution is -0.117. The molecule has 110 valence electrons. The van der Waals surface area contributed by atoms with Gasteiger partial charge >= 0.3 is 0 Å². The van der Waals surface area contributed by atoms with Gasteiger partial charge < -0.3 is 4.90 Å². The molecule has 0 bridgehead atoms. The van der Waals surface area contributed by atoms with Gasteiger partial charge in [-0.15, -0.1) is 0 Å². The third kappa shape index (κ3) is 2.27. The van der Waals surface area contributed by atoms with Crippen molar-refractivity contribution < 1.29 is 13.2 Å². The Morgan fingerprint density at radius 1 is 1.40 bits per heavy atom. The normalized spacial score (nSPS) is 27.9. The van der Waals surface area contributed by atoms with Gasteiger partial charge in [-0.05, 0) is 24.8 Å². The van der Waals surface area contributed by atoms with Crippen molar-refractivity contribution in [3.05, 3.63) is 16.8 Å². The second-order valence-electron chi connectivity index (χ2n) is 5.62. The molecule has 20 heavy (non-hydrogen) atoms. The number of amides is 1. The summed E-state index contributed by atoms with van der Waals surface area (Å²) in [6.07, 6.45) is 1.23. The minimum Gasteiger partial charge on any atom is -0.311 e. The SMILES string of the molecule is CCS(=O)(=O)N1CC[C@@]2(CC(=O)N(c3ccsc3)C2)C1. The van der Waals surface area contributed by atoms with Crippen LogP contribution < -0.4 is 4.90 Å². The maximum Gasteiger partial charge on any atom is 0.227 e. The molecular formula is C13H18N2O3S2. The van der Waals surface area contributed by atoms with Gasteiger partial charge in [-0.2, -0.15) is 11.3 Å². The molecule has 2 fully saturated rings. The Morgan fingerprint density at radius 2 is 2.20 bits per heavy atom. The average molecular weight is 314 g/mol. The predicted octanol–water partition coefficient (Wildman–Crippen LogP) is 1.53. The van der Waals surface area contributed by atoms with E-state index in [1.54, 1.807) is 27.5 Å². The Bertz CT molecular complexity index is 612. The highest BCUT2D eigenvalue weighted by molar-refractivity contribution is 7.89. The quantitative estimate of drug-likeness (QED) is 0.850. The van der Waals surface area contributed by atoms with Gasteiger partial charge in [-0.1, -0.05) is 0 Å². The Kier molecular flexibility index (Phi) is 3.38. The fraction of sp³-hybridized carbons (Fsp3) is 0.615. The van der Waals surface area contributed by atoms with Gasteiger partial charge in [0.25, 0.3) is 0 Å². The summed E-state index contributed by atoms with van der Waals surface area (Å²) in [5.41, 5.74) is 0.745. The third-order valence-electron chi connectivity index (χ3n) is 4.30. The second kappa shape index (κ2) is 4.82. The molecular weight excluding hydrogens is 296 g/mol. The molecule has 0 radical (unpaired) electrons. The molecule has 0 N–H and O–H groups in total. The number of thiophene rings is 1. The topological polar surface area (TPSA) is 57.7 Å².